The van der Waals surface area contributed by atoms with Gasteiger partial charge in [0.15, 0.2) is 0 Å². The normalized spacial score (nSPS) is 15.5. The summed E-state index contributed by atoms with van der Waals surface area (Å²) < 4.78 is 0. The van der Waals surface area contributed by atoms with Gasteiger partial charge in [0.1, 0.15) is 0 Å². The van der Waals surface area contributed by atoms with E-state index in [1.54, 1.807) is 12.1 Å². The molecule has 1 amide bonds. The highest BCUT2D eigenvalue weighted by atomic mass is 16.6. The van der Waals surface area contributed by atoms with Crippen LogP contribution in [0.1, 0.15) is 32.3 Å². The molecule has 1 heterocycles. The first-order valence-electron chi connectivity index (χ1n) is 9.79. The van der Waals surface area contributed by atoms with E-state index in [1.165, 1.54) is 6.07 Å². The van der Waals surface area contributed by atoms with Crippen molar-refractivity contribution in [3.8, 4) is 0 Å². The minimum atomic E-state index is -0.356. The third kappa shape index (κ3) is 4.75. The lowest BCUT2D eigenvalue weighted by atomic mass is 9.99. The summed E-state index contributed by atoms with van der Waals surface area (Å²) in [4.78, 5) is 27.8. The van der Waals surface area contributed by atoms with Crippen LogP contribution in [-0.2, 0) is 11.3 Å². The van der Waals surface area contributed by atoms with E-state index in [2.05, 4.69) is 4.90 Å². The molecule has 0 unspecified atom stereocenters. The van der Waals surface area contributed by atoms with Gasteiger partial charge in [-0.3, -0.25) is 19.8 Å². The Morgan fingerprint density at radius 3 is 2.43 bits per heavy atom. The van der Waals surface area contributed by atoms with Gasteiger partial charge < -0.3 is 4.90 Å². The molecule has 2 aromatic carbocycles. The van der Waals surface area contributed by atoms with Crippen molar-refractivity contribution in [1.29, 1.82) is 0 Å². The third-order valence-electron chi connectivity index (χ3n) is 5.22. The number of rotatable bonds is 6. The molecule has 0 N–H and O–H groups in total. The highest BCUT2D eigenvalue weighted by molar-refractivity contribution is 5.95. The van der Waals surface area contributed by atoms with Gasteiger partial charge in [-0.1, -0.05) is 44.2 Å². The molecule has 6 nitrogen and oxygen atoms in total. The maximum atomic E-state index is 12.9. The van der Waals surface area contributed by atoms with Crippen LogP contribution in [0, 0.1) is 16.0 Å². The lowest BCUT2D eigenvalue weighted by Gasteiger charge is -2.39. The number of hydrogen-bond acceptors (Lipinski definition) is 4. The Hall–Kier alpha value is -2.73. The van der Waals surface area contributed by atoms with Crippen LogP contribution in [0.25, 0.3) is 0 Å². The van der Waals surface area contributed by atoms with Crippen molar-refractivity contribution in [2.24, 2.45) is 5.92 Å². The van der Waals surface area contributed by atoms with E-state index >= 15 is 0 Å². The number of nitro benzene ring substituents is 1. The van der Waals surface area contributed by atoms with E-state index in [0.29, 0.717) is 6.54 Å². The van der Waals surface area contributed by atoms with Crippen molar-refractivity contribution in [3.63, 3.8) is 0 Å². The minimum absolute atomic E-state index is 0.0527. The summed E-state index contributed by atoms with van der Waals surface area (Å²) >= 11 is 0. The number of likely N-dealkylation sites (tertiary alicyclic amines) is 1. The SMILES string of the molecule is CC(C)C(=O)N(c1ccccc1)C1CCN(Cc2cccc([N+](=O)[O-])c2)CC1. The molecule has 0 aliphatic carbocycles. The molecule has 0 spiro atoms. The number of benzene rings is 2. The fraction of sp³-hybridized carbons (Fsp3) is 0.409. The van der Waals surface area contributed by atoms with Crippen molar-refractivity contribution in [1.82, 2.24) is 4.90 Å². The van der Waals surface area contributed by atoms with Gasteiger partial charge in [0, 0.05) is 49.4 Å². The van der Waals surface area contributed by atoms with E-state index in [1.807, 2.05) is 55.1 Å². The third-order valence-corrected chi connectivity index (χ3v) is 5.22. The number of amides is 1. The first-order valence-corrected chi connectivity index (χ1v) is 9.79. The summed E-state index contributed by atoms with van der Waals surface area (Å²) in [5, 5.41) is 11.0. The molecule has 0 aromatic heterocycles. The zero-order valence-corrected chi connectivity index (χ0v) is 16.5. The summed E-state index contributed by atoms with van der Waals surface area (Å²) in [6, 6.07) is 16.9. The number of hydrogen-bond donors (Lipinski definition) is 0. The summed E-state index contributed by atoms with van der Waals surface area (Å²) in [7, 11) is 0. The average Bonchev–Trinajstić information content (AvgIpc) is 2.70. The number of carbonyl (C=O) groups excluding carboxylic acids is 1. The number of anilines is 1. The van der Waals surface area contributed by atoms with Gasteiger partial charge in [0.25, 0.3) is 5.69 Å². The second-order valence-electron chi connectivity index (χ2n) is 7.63. The van der Waals surface area contributed by atoms with Crippen LogP contribution >= 0.6 is 0 Å². The van der Waals surface area contributed by atoms with E-state index in [-0.39, 0.29) is 28.5 Å². The molecule has 1 saturated heterocycles. The Bertz CT molecular complexity index is 815. The number of nitro groups is 1. The highest BCUT2D eigenvalue weighted by Gasteiger charge is 2.30. The van der Waals surface area contributed by atoms with Crippen LogP contribution in [0.3, 0.4) is 0 Å². The quantitative estimate of drug-likeness (QED) is 0.554. The topological polar surface area (TPSA) is 66.7 Å². The Kier molecular flexibility index (Phi) is 6.41. The van der Waals surface area contributed by atoms with Crippen molar-refractivity contribution in [2.75, 3.05) is 18.0 Å². The molecule has 148 valence electrons. The zero-order valence-electron chi connectivity index (χ0n) is 16.5. The molecular weight excluding hydrogens is 354 g/mol. The van der Waals surface area contributed by atoms with Gasteiger partial charge in [-0.05, 0) is 30.5 Å². The van der Waals surface area contributed by atoms with Gasteiger partial charge in [0.05, 0.1) is 4.92 Å². The second-order valence-corrected chi connectivity index (χ2v) is 7.63. The number of para-hydroxylation sites is 1. The molecule has 1 aliphatic heterocycles. The summed E-state index contributed by atoms with van der Waals surface area (Å²) in [6.07, 6.45) is 1.78. The lowest BCUT2D eigenvalue weighted by Crippen LogP contribution is -2.48. The maximum absolute atomic E-state index is 12.9. The largest absolute Gasteiger partial charge is 0.309 e. The van der Waals surface area contributed by atoms with Crippen molar-refractivity contribution < 1.29 is 9.72 Å². The van der Waals surface area contributed by atoms with Crippen LogP contribution in [0.5, 0.6) is 0 Å². The fourth-order valence-electron chi connectivity index (χ4n) is 3.75. The summed E-state index contributed by atoms with van der Waals surface area (Å²) in [5.41, 5.74) is 2.04. The van der Waals surface area contributed by atoms with Crippen LogP contribution < -0.4 is 4.90 Å². The number of non-ortho nitro benzene ring substituents is 1. The van der Waals surface area contributed by atoms with Gasteiger partial charge in [0.2, 0.25) is 5.91 Å². The van der Waals surface area contributed by atoms with Crippen LogP contribution in [0.2, 0.25) is 0 Å². The van der Waals surface area contributed by atoms with Crippen molar-refractivity contribution >= 4 is 17.3 Å². The summed E-state index contributed by atoms with van der Waals surface area (Å²) in [5.74, 6) is 0.103. The van der Waals surface area contributed by atoms with E-state index in [4.69, 9.17) is 0 Å². The fourth-order valence-corrected chi connectivity index (χ4v) is 3.75. The molecule has 1 aliphatic rings. The lowest BCUT2D eigenvalue weighted by molar-refractivity contribution is -0.384. The van der Waals surface area contributed by atoms with Crippen LogP contribution in [-0.4, -0.2) is 34.9 Å². The Labute approximate surface area is 165 Å². The molecule has 0 saturated carbocycles. The first kappa shape index (κ1) is 20.0. The molecular formula is C22H27N3O3. The van der Waals surface area contributed by atoms with Gasteiger partial charge in [-0.15, -0.1) is 0 Å². The molecule has 6 heteroatoms. The van der Waals surface area contributed by atoms with Gasteiger partial charge in [-0.2, -0.15) is 0 Å². The minimum Gasteiger partial charge on any atom is -0.309 e. The highest BCUT2D eigenvalue weighted by Crippen LogP contribution is 2.26. The van der Waals surface area contributed by atoms with Crippen LogP contribution in [0.4, 0.5) is 11.4 Å². The number of piperidine rings is 1. The second kappa shape index (κ2) is 8.97. The average molecular weight is 381 g/mol. The van der Waals surface area contributed by atoms with Crippen molar-refractivity contribution in [2.45, 2.75) is 39.3 Å². The predicted molar refractivity (Wildman–Crippen MR) is 110 cm³/mol. The smallest absolute Gasteiger partial charge is 0.269 e. The number of carbonyl (C=O) groups is 1. The maximum Gasteiger partial charge on any atom is 0.269 e. The molecule has 28 heavy (non-hydrogen) atoms. The molecule has 0 atom stereocenters. The van der Waals surface area contributed by atoms with E-state index < -0.39 is 0 Å². The molecule has 2 aromatic rings. The van der Waals surface area contributed by atoms with Gasteiger partial charge in [-0.25, -0.2) is 0 Å². The Morgan fingerprint density at radius 1 is 1.14 bits per heavy atom. The van der Waals surface area contributed by atoms with Crippen molar-refractivity contribution in [3.05, 3.63) is 70.3 Å². The monoisotopic (exact) mass is 381 g/mol. The van der Waals surface area contributed by atoms with Gasteiger partial charge >= 0.3 is 0 Å². The van der Waals surface area contributed by atoms with Crippen LogP contribution in [0.15, 0.2) is 54.6 Å². The van der Waals surface area contributed by atoms with E-state index in [0.717, 1.165) is 37.2 Å². The Morgan fingerprint density at radius 2 is 1.82 bits per heavy atom. The number of nitrogens with zero attached hydrogens (tertiary/aromatic N) is 3. The standard InChI is InChI=1S/C22H27N3O3/c1-17(2)22(26)24(19-8-4-3-5-9-19)20-11-13-23(14-12-20)16-18-7-6-10-21(15-18)25(27)28/h3-10,15,17,20H,11-14,16H2,1-2H3. The molecule has 0 bridgehead atoms. The molecule has 0 radical (unpaired) electrons. The molecule has 3 rings (SSSR count). The Balaban J connectivity index is 1.66. The predicted octanol–water partition coefficient (Wildman–Crippen LogP) is 4.25. The zero-order chi connectivity index (χ0) is 20.1. The summed E-state index contributed by atoms with van der Waals surface area (Å²) in [6.45, 7) is 6.30. The van der Waals surface area contributed by atoms with E-state index in [9.17, 15) is 14.9 Å². The first-order chi connectivity index (χ1) is 13.5. The molecule has 1 fully saturated rings.